The Morgan fingerprint density at radius 2 is 0.588 bits per heavy atom. The van der Waals surface area contributed by atoms with Crippen LogP contribution in [0.25, 0.3) is 0 Å². The van der Waals surface area contributed by atoms with Crippen LogP contribution in [0.1, 0.15) is 219 Å². The standard InChI is InChI=1S/C17H31NO2.C15H25NO2.2C11H19NO2.C10H17NO3.2C10H17NO2.C9H15NO3.C9H15NO2/c1-7-9-10-11-18-16(3,4)12-14(13-17(18,5)6)20-15(19)8-2;1-7-9-16-14(3,4)10-12(11-15(16,5)6)18-13(17)8-2;1-9(2)11(13)14-10(3)8-12-6-4-5-7-12;1-10(2)11(13)14-9-8-12-6-4-3-5-7-12;1-9(2)10(12)14-8-5-11-3-6-13-7-4-11;1-9(2)10(12)13-8-7-11-5-3-4-6-11;1-2-10(12)13-9-8-11-6-4-3-5-7-11;1-2-9(11)13-8-5-10-3-6-12-7-4-10;1-2-9(11)12-8-7-10-5-3-4-6-10/h8,14H,2,7,9-13H2,1,3-6H3;7-8,12H,1-2,9-11H2,3-6H3;10H,1,4-8H2,2-3H3;1,3-9H2,2H3;1,3-8H2,2H3;1,3-8H2,2H3;2H,1,3-9H2;2H,1,3-8H2;2H,1,3-8H2. The van der Waals surface area contributed by atoms with Crippen molar-refractivity contribution in [3.8, 4) is 0 Å². The van der Waals surface area contributed by atoms with Crippen LogP contribution >= 0.6 is 0 Å². The van der Waals surface area contributed by atoms with Crippen LogP contribution in [0.4, 0.5) is 0 Å². The summed E-state index contributed by atoms with van der Waals surface area (Å²) in [5, 5.41) is 0. The molecule has 748 valence electrons. The number of nitrogens with zero attached hydrogens (tertiary/aromatic N) is 9. The summed E-state index contributed by atoms with van der Waals surface area (Å²) < 4.78 is 56.1. The van der Waals surface area contributed by atoms with Crippen molar-refractivity contribution in [3.05, 3.63) is 125 Å². The smallest absolute Gasteiger partial charge is 0.333 e. The van der Waals surface area contributed by atoms with Gasteiger partial charge in [-0.15, -0.1) is 6.58 Å². The molecule has 0 bridgehead atoms. The van der Waals surface area contributed by atoms with Gasteiger partial charge < -0.3 is 52.1 Å². The van der Waals surface area contributed by atoms with Gasteiger partial charge >= 0.3 is 53.7 Å². The van der Waals surface area contributed by atoms with Gasteiger partial charge in [0.25, 0.3) is 0 Å². The van der Waals surface area contributed by atoms with Crippen molar-refractivity contribution in [1.29, 1.82) is 0 Å². The fourth-order valence-corrected chi connectivity index (χ4v) is 16.6. The van der Waals surface area contributed by atoms with Crippen LogP contribution in [-0.2, 0) is 95.3 Å². The Morgan fingerprint density at radius 1 is 0.336 bits per heavy atom. The van der Waals surface area contributed by atoms with E-state index in [0.717, 1.165) is 203 Å². The molecule has 0 amide bonds. The summed E-state index contributed by atoms with van der Waals surface area (Å²) in [7, 11) is 0. The maximum atomic E-state index is 11.4. The highest BCUT2D eigenvalue weighted by Crippen LogP contribution is 2.41. The summed E-state index contributed by atoms with van der Waals surface area (Å²) in [4.78, 5) is 120. The molecule has 1 atom stereocenters. The number of unbranched alkanes of at least 4 members (excludes halogenated alkanes) is 2. The van der Waals surface area contributed by atoms with E-state index in [2.05, 4.69) is 172 Å². The molecule has 9 fully saturated rings. The van der Waals surface area contributed by atoms with Crippen molar-refractivity contribution in [2.24, 2.45) is 0 Å². The molecule has 9 aliphatic heterocycles. The summed E-state index contributed by atoms with van der Waals surface area (Å²) >= 11 is 0. The predicted molar refractivity (Wildman–Crippen MR) is 521 cm³/mol. The number of likely N-dealkylation sites (tertiary alicyclic amines) is 7. The van der Waals surface area contributed by atoms with Gasteiger partial charge in [-0.3, -0.25) is 44.1 Å². The van der Waals surface area contributed by atoms with E-state index in [4.69, 9.17) is 52.1 Å². The zero-order valence-corrected chi connectivity index (χ0v) is 83.7. The molecule has 9 aliphatic rings. The minimum atomic E-state index is -0.353. The van der Waals surface area contributed by atoms with Crippen LogP contribution < -0.4 is 0 Å². The van der Waals surface area contributed by atoms with E-state index in [-0.39, 0.29) is 94.2 Å². The van der Waals surface area contributed by atoms with Gasteiger partial charge in [0.1, 0.15) is 58.0 Å². The van der Waals surface area contributed by atoms with Gasteiger partial charge in [0.05, 0.1) is 26.4 Å². The molecule has 0 aliphatic carbocycles. The maximum Gasteiger partial charge on any atom is 0.333 e. The highest BCUT2D eigenvalue weighted by molar-refractivity contribution is 5.88. The Hall–Kier alpha value is -7.81. The van der Waals surface area contributed by atoms with E-state index in [1.165, 1.54) is 127 Å². The van der Waals surface area contributed by atoms with Gasteiger partial charge in [-0.1, -0.05) is 97.9 Å². The Balaban J connectivity index is 0.000000740. The molecule has 0 saturated carbocycles. The molecule has 9 saturated heterocycles. The first-order chi connectivity index (χ1) is 62.1. The SMILES string of the molecule is C=C(C)C(=O)OC(C)CN1CCCC1.C=C(C)C(=O)OCCN1CCCC1.C=C(C)C(=O)OCCN1CCCCC1.C=C(C)C(=O)OCCN1CCOCC1.C=CC(=O)OC1CC(C)(C)N(CCCCC)C(C)(C)C1.C=CC(=O)OCCN1CCCC1.C=CC(=O)OCCN1CCCCC1.C=CC(=O)OCCN1CCOCC1.C=CCN1C(C)(C)CC(OC(=O)C=C)CC1(C)C. The van der Waals surface area contributed by atoms with Crippen molar-refractivity contribution in [2.75, 3.05) is 217 Å². The monoisotopic (exact) mass is 1850 g/mol. The lowest BCUT2D eigenvalue weighted by Crippen LogP contribution is -2.62. The molecule has 0 radical (unpaired) electrons. The quantitative estimate of drug-likeness (QED) is 0.0182. The summed E-state index contributed by atoms with van der Waals surface area (Å²) in [6.45, 7) is 92.3. The van der Waals surface area contributed by atoms with Crippen LogP contribution in [0.2, 0.25) is 0 Å². The Kier molecular flexibility index (Phi) is 64.7. The van der Waals surface area contributed by atoms with Gasteiger partial charge in [0.15, 0.2) is 0 Å². The minimum absolute atomic E-state index is 0.00655. The fourth-order valence-electron chi connectivity index (χ4n) is 16.6. The van der Waals surface area contributed by atoms with Crippen molar-refractivity contribution in [2.45, 2.75) is 259 Å². The number of carbonyl (C=O) groups excluding carboxylic acids is 9. The first-order valence-electron chi connectivity index (χ1n) is 47.9. The maximum absolute atomic E-state index is 11.4. The molecule has 29 nitrogen and oxygen atoms in total. The van der Waals surface area contributed by atoms with Crippen LogP contribution in [0.15, 0.2) is 125 Å². The van der Waals surface area contributed by atoms with Gasteiger partial charge in [-0.2, -0.15) is 0 Å². The molecule has 0 aromatic rings. The molecular weight excluding hydrogens is 1670 g/mol. The van der Waals surface area contributed by atoms with E-state index in [0.29, 0.717) is 61.9 Å². The van der Waals surface area contributed by atoms with Gasteiger partial charge in [-0.05, 0) is 233 Å². The Labute approximate surface area is 789 Å². The lowest BCUT2D eigenvalue weighted by molar-refractivity contribution is -0.155. The number of piperidine rings is 4. The predicted octanol–water partition coefficient (Wildman–Crippen LogP) is 13.7. The number of rotatable bonds is 38. The van der Waals surface area contributed by atoms with Crippen LogP contribution in [-0.4, -0.2) is 355 Å². The molecule has 1 unspecified atom stereocenters. The van der Waals surface area contributed by atoms with Crippen molar-refractivity contribution >= 4 is 53.7 Å². The van der Waals surface area contributed by atoms with Crippen molar-refractivity contribution in [1.82, 2.24) is 44.1 Å². The first-order valence-corrected chi connectivity index (χ1v) is 47.9. The minimum Gasteiger partial charge on any atom is -0.461 e. The molecule has 29 heteroatoms. The normalized spacial score (nSPS) is 19.4. The largest absolute Gasteiger partial charge is 0.461 e. The van der Waals surface area contributed by atoms with Gasteiger partial charge in [-0.25, -0.2) is 43.2 Å². The number of hydrogen-bond donors (Lipinski definition) is 0. The lowest BCUT2D eigenvalue weighted by Gasteiger charge is -2.55. The van der Waals surface area contributed by atoms with Gasteiger partial charge in [0.2, 0.25) is 0 Å². The van der Waals surface area contributed by atoms with E-state index in [9.17, 15) is 43.2 Å². The molecular formula is C102H175N9O20. The topological polar surface area (TPSA) is 284 Å². The van der Waals surface area contributed by atoms with E-state index in [1.807, 2.05) is 13.0 Å². The third kappa shape index (κ3) is 57.5. The number of esters is 9. The van der Waals surface area contributed by atoms with Crippen LogP contribution in [0, 0.1) is 0 Å². The van der Waals surface area contributed by atoms with Crippen LogP contribution in [0.3, 0.4) is 0 Å². The Bertz CT molecular complexity index is 3290. The summed E-state index contributed by atoms with van der Waals surface area (Å²) in [5.41, 5.74) is 1.96. The third-order valence-electron chi connectivity index (χ3n) is 23.3. The first kappa shape index (κ1) is 121. The van der Waals surface area contributed by atoms with E-state index < -0.39 is 0 Å². The molecule has 131 heavy (non-hydrogen) atoms. The summed E-state index contributed by atoms with van der Waals surface area (Å²) in [6.07, 6.45) is 30.5. The zero-order valence-electron chi connectivity index (χ0n) is 83.7. The zero-order chi connectivity index (χ0) is 98.2. The molecule has 0 N–H and O–H groups in total. The third-order valence-corrected chi connectivity index (χ3v) is 23.3. The molecule has 0 aromatic carbocycles. The van der Waals surface area contributed by atoms with Crippen LogP contribution in [0.5, 0.6) is 0 Å². The average Bonchev–Trinajstić information content (AvgIpc) is 0.932. The number of carbonyl (C=O) groups is 9. The van der Waals surface area contributed by atoms with Crippen molar-refractivity contribution in [3.63, 3.8) is 0 Å². The second kappa shape index (κ2) is 69.9. The number of ether oxygens (including phenoxy) is 11. The summed E-state index contributed by atoms with van der Waals surface area (Å²) in [5.74, 6) is -2.78. The molecule has 9 rings (SSSR count). The van der Waals surface area contributed by atoms with Gasteiger partial charge in [0, 0.05) is 179 Å². The van der Waals surface area contributed by atoms with Crippen molar-refractivity contribution < 1.29 is 95.3 Å². The highest BCUT2D eigenvalue weighted by atomic mass is 16.6. The lowest BCUT2D eigenvalue weighted by atomic mass is 9.78. The molecule has 0 aromatic heterocycles. The van der Waals surface area contributed by atoms with E-state index >= 15 is 0 Å². The molecule has 0 spiro atoms. The number of hydrogen-bond acceptors (Lipinski definition) is 29. The number of morpholine rings is 2. The summed E-state index contributed by atoms with van der Waals surface area (Å²) in [6, 6.07) is 0. The average molecular weight is 1850 g/mol. The fraction of sp³-hybridized carbons (Fsp3) is 0.716. The highest BCUT2D eigenvalue weighted by Gasteiger charge is 2.47. The second-order valence-corrected chi connectivity index (χ2v) is 37.0. The van der Waals surface area contributed by atoms with E-state index in [1.54, 1.807) is 27.7 Å². The molecule has 9 heterocycles. The second-order valence-electron chi connectivity index (χ2n) is 37.0. The Morgan fingerprint density at radius 3 is 0.847 bits per heavy atom.